The molecular weight excluding hydrogens is 230 g/mol. The van der Waals surface area contributed by atoms with Crippen LogP contribution >= 0.6 is 0 Å². The van der Waals surface area contributed by atoms with Crippen LogP contribution in [0.5, 0.6) is 0 Å². The van der Waals surface area contributed by atoms with E-state index < -0.39 is 0 Å². The molecule has 0 spiro atoms. The average molecular weight is 247 g/mol. The summed E-state index contributed by atoms with van der Waals surface area (Å²) in [7, 11) is 0. The number of amides is 2. The van der Waals surface area contributed by atoms with Gasteiger partial charge in [-0.05, 0) is 31.2 Å². The van der Waals surface area contributed by atoms with Crippen LogP contribution in [0.25, 0.3) is 0 Å². The van der Waals surface area contributed by atoms with Crippen molar-refractivity contribution in [1.29, 1.82) is 0 Å². The van der Waals surface area contributed by atoms with Gasteiger partial charge in [-0.3, -0.25) is 9.59 Å². The number of nitrogens with one attached hydrogen (secondary N) is 2. The number of carbonyl (C=O) groups is 2. The van der Waals surface area contributed by atoms with Gasteiger partial charge in [0, 0.05) is 30.9 Å². The van der Waals surface area contributed by atoms with Crippen LogP contribution in [0.4, 0.5) is 5.69 Å². The zero-order valence-corrected chi connectivity index (χ0v) is 10.4. The predicted molar refractivity (Wildman–Crippen MR) is 69.5 cm³/mol. The molecular formula is C13H17N3O2. The molecule has 0 saturated carbocycles. The highest BCUT2D eigenvalue weighted by Crippen LogP contribution is 2.11. The highest BCUT2D eigenvalue weighted by atomic mass is 16.2. The topological polar surface area (TPSA) is 61.4 Å². The second-order valence-electron chi connectivity index (χ2n) is 4.18. The molecule has 5 heteroatoms. The van der Waals surface area contributed by atoms with Crippen LogP contribution in [0.15, 0.2) is 24.3 Å². The molecule has 1 heterocycles. The van der Waals surface area contributed by atoms with Gasteiger partial charge >= 0.3 is 0 Å². The number of anilines is 1. The van der Waals surface area contributed by atoms with Gasteiger partial charge in [0.05, 0.1) is 6.54 Å². The number of nitrogens with zero attached hydrogens (tertiary/aromatic N) is 1. The molecule has 2 amide bonds. The maximum absolute atomic E-state index is 12.1. The third kappa shape index (κ3) is 2.80. The van der Waals surface area contributed by atoms with Crippen LogP contribution in [-0.4, -0.2) is 42.9 Å². The molecule has 5 nitrogen and oxygen atoms in total. The van der Waals surface area contributed by atoms with Gasteiger partial charge in [0.2, 0.25) is 5.91 Å². The standard InChI is InChI=1S/C13H17N3O2/c1-2-14-11-5-3-10(4-6-11)13(18)16-8-7-15-12(17)9-16/h3-6,14H,2,7-9H2,1H3,(H,15,17). The van der Waals surface area contributed by atoms with Gasteiger partial charge < -0.3 is 15.5 Å². The van der Waals surface area contributed by atoms with Crippen molar-refractivity contribution < 1.29 is 9.59 Å². The van der Waals surface area contributed by atoms with E-state index in [9.17, 15) is 9.59 Å². The number of benzene rings is 1. The Bertz CT molecular complexity index is 442. The second-order valence-corrected chi connectivity index (χ2v) is 4.18. The van der Waals surface area contributed by atoms with E-state index in [-0.39, 0.29) is 18.4 Å². The van der Waals surface area contributed by atoms with E-state index in [1.54, 1.807) is 17.0 Å². The molecule has 2 rings (SSSR count). The molecule has 2 N–H and O–H groups in total. The molecule has 1 aromatic rings. The summed E-state index contributed by atoms with van der Waals surface area (Å²) in [5.74, 6) is -0.188. The normalized spacial score (nSPS) is 15.2. The second kappa shape index (κ2) is 5.53. The van der Waals surface area contributed by atoms with E-state index in [4.69, 9.17) is 0 Å². The average Bonchev–Trinajstić information content (AvgIpc) is 2.39. The summed E-state index contributed by atoms with van der Waals surface area (Å²) in [6.45, 7) is 4.11. The first-order valence-corrected chi connectivity index (χ1v) is 6.10. The van der Waals surface area contributed by atoms with Crippen molar-refractivity contribution in [3.8, 4) is 0 Å². The van der Waals surface area contributed by atoms with Gasteiger partial charge in [0.25, 0.3) is 5.91 Å². The Morgan fingerprint density at radius 2 is 2.11 bits per heavy atom. The van der Waals surface area contributed by atoms with E-state index in [1.807, 2.05) is 19.1 Å². The maximum atomic E-state index is 12.1. The fraction of sp³-hybridized carbons (Fsp3) is 0.385. The number of carbonyl (C=O) groups excluding carboxylic acids is 2. The van der Waals surface area contributed by atoms with Crippen molar-refractivity contribution in [3.05, 3.63) is 29.8 Å². The van der Waals surface area contributed by atoms with Crippen LogP contribution < -0.4 is 10.6 Å². The molecule has 0 aromatic heterocycles. The summed E-state index contributed by atoms with van der Waals surface area (Å²) in [5, 5.41) is 5.87. The van der Waals surface area contributed by atoms with Gasteiger partial charge in [-0.25, -0.2) is 0 Å². The molecule has 0 aliphatic carbocycles. The summed E-state index contributed by atoms with van der Waals surface area (Å²) in [6, 6.07) is 7.32. The van der Waals surface area contributed by atoms with Crippen molar-refractivity contribution in [3.63, 3.8) is 0 Å². The van der Waals surface area contributed by atoms with E-state index in [0.717, 1.165) is 12.2 Å². The van der Waals surface area contributed by atoms with Gasteiger partial charge in [0.15, 0.2) is 0 Å². The lowest BCUT2D eigenvalue weighted by Gasteiger charge is -2.26. The Hall–Kier alpha value is -2.04. The van der Waals surface area contributed by atoms with Gasteiger partial charge in [-0.1, -0.05) is 0 Å². The lowest BCUT2D eigenvalue weighted by atomic mass is 10.1. The minimum absolute atomic E-state index is 0.0899. The summed E-state index contributed by atoms with van der Waals surface area (Å²) < 4.78 is 0. The molecule has 96 valence electrons. The summed E-state index contributed by atoms with van der Waals surface area (Å²) in [4.78, 5) is 24.9. The van der Waals surface area contributed by atoms with Crippen LogP contribution in [-0.2, 0) is 4.79 Å². The van der Waals surface area contributed by atoms with Crippen molar-refractivity contribution in [2.45, 2.75) is 6.92 Å². The number of piperazine rings is 1. The molecule has 1 aliphatic rings. The number of hydrogen-bond donors (Lipinski definition) is 2. The van der Waals surface area contributed by atoms with E-state index in [2.05, 4.69) is 10.6 Å². The molecule has 0 unspecified atom stereocenters. The fourth-order valence-electron chi connectivity index (χ4n) is 1.93. The molecule has 1 fully saturated rings. The summed E-state index contributed by atoms with van der Waals surface area (Å²) >= 11 is 0. The summed E-state index contributed by atoms with van der Waals surface area (Å²) in [6.07, 6.45) is 0. The Balaban J connectivity index is 2.06. The molecule has 0 atom stereocenters. The Labute approximate surface area is 106 Å². The van der Waals surface area contributed by atoms with E-state index >= 15 is 0 Å². The lowest BCUT2D eigenvalue weighted by Crippen LogP contribution is -2.49. The maximum Gasteiger partial charge on any atom is 0.254 e. The van der Waals surface area contributed by atoms with E-state index in [0.29, 0.717) is 18.7 Å². The van der Waals surface area contributed by atoms with Gasteiger partial charge in [-0.2, -0.15) is 0 Å². The molecule has 0 radical (unpaired) electrons. The number of rotatable bonds is 3. The quantitative estimate of drug-likeness (QED) is 0.826. The Morgan fingerprint density at radius 1 is 1.39 bits per heavy atom. The van der Waals surface area contributed by atoms with Gasteiger partial charge in [-0.15, -0.1) is 0 Å². The van der Waals surface area contributed by atoms with Crippen molar-refractivity contribution in [2.75, 3.05) is 31.5 Å². The molecule has 18 heavy (non-hydrogen) atoms. The zero-order chi connectivity index (χ0) is 13.0. The highest BCUT2D eigenvalue weighted by Gasteiger charge is 2.21. The number of hydrogen-bond acceptors (Lipinski definition) is 3. The zero-order valence-electron chi connectivity index (χ0n) is 10.4. The highest BCUT2D eigenvalue weighted by molar-refractivity contribution is 5.97. The molecule has 1 aromatic carbocycles. The van der Waals surface area contributed by atoms with Crippen molar-refractivity contribution in [2.24, 2.45) is 0 Å². The minimum Gasteiger partial charge on any atom is -0.385 e. The molecule has 1 saturated heterocycles. The molecule has 0 bridgehead atoms. The van der Waals surface area contributed by atoms with Crippen LogP contribution in [0, 0.1) is 0 Å². The van der Waals surface area contributed by atoms with Crippen LogP contribution in [0.2, 0.25) is 0 Å². The molecule has 1 aliphatic heterocycles. The third-order valence-electron chi connectivity index (χ3n) is 2.84. The van der Waals surface area contributed by atoms with Crippen molar-refractivity contribution >= 4 is 17.5 Å². The fourth-order valence-corrected chi connectivity index (χ4v) is 1.93. The van der Waals surface area contributed by atoms with Crippen LogP contribution in [0.1, 0.15) is 17.3 Å². The predicted octanol–water partition coefficient (Wildman–Crippen LogP) is 0.690. The van der Waals surface area contributed by atoms with Gasteiger partial charge in [0.1, 0.15) is 0 Å². The largest absolute Gasteiger partial charge is 0.385 e. The summed E-state index contributed by atoms with van der Waals surface area (Å²) in [5.41, 5.74) is 1.61. The Morgan fingerprint density at radius 3 is 2.72 bits per heavy atom. The van der Waals surface area contributed by atoms with E-state index in [1.165, 1.54) is 0 Å². The third-order valence-corrected chi connectivity index (χ3v) is 2.84. The lowest BCUT2D eigenvalue weighted by molar-refractivity contribution is -0.123. The first kappa shape index (κ1) is 12.4. The van der Waals surface area contributed by atoms with Crippen molar-refractivity contribution in [1.82, 2.24) is 10.2 Å². The smallest absolute Gasteiger partial charge is 0.254 e. The SMILES string of the molecule is CCNc1ccc(C(=O)N2CCNC(=O)C2)cc1. The van der Waals surface area contributed by atoms with Crippen LogP contribution in [0.3, 0.4) is 0 Å². The Kier molecular flexibility index (Phi) is 3.82. The monoisotopic (exact) mass is 247 g/mol. The first-order chi connectivity index (χ1) is 8.70. The first-order valence-electron chi connectivity index (χ1n) is 6.10. The minimum atomic E-state index is -0.0983.